The van der Waals surface area contributed by atoms with E-state index >= 15 is 0 Å². The van der Waals surface area contributed by atoms with E-state index in [2.05, 4.69) is 36.1 Å². The van der Waals surface area contributed by atoms with E-state index in [-0.39, 0.29) is 5.91 Å². The number of nitrogens with zero attached hydrogens (tertiary/aromatic N) is 2. The van der Waals surface area contributed by atoms with Crippen molar-refractivity contribution in [3.05, 3.63) is 63.9 Å². The van der Waals surface area contributed by atoms with Gasteiger partial charge in [0.2, 0.25) is 5.91 Å². The molecule has 1 amide bonds. The number of hydrogen-bond donors (Lipinski definition) is 0. The second-order valence-electron chi connectivity index (χ2n) is 7.55. The van der Waals surface area contributed by atoms with E-state index in [1.807, 2.05) is 35.5 Å². The lowest BCUT2D eigenvalue weighted by Crippen LogP contribution is -2.42. The molecule has 1 aliphatic rings. The van der Waals surface area contributed by atoms with Crippen LogP contribution in [0.3, 0.4) is 0 Å². The number of piperidine rings is 1. The van der Waals surface area contributed by atoms with Gasteiger partial charge in [-0.3, -0.25) is 4.79 Å². The highest BCUT2D eigenvalue weighted by Gasteiger charge is 2.22. The van der Waals surface area contributed by atoms with Gasteiger partial charge < -0.3 is 9.80 Å². The van der Waals surface area contributed by atoms with Gasteiger partial charge in [-0.2, -0.15) is 0 Å². The van der Waals surface area contributed by atoms with E-state index in [1.165, 1.54) is 30.5 Å². The molecule has 144 valence electrons. The Bertz CT molecular complexity index is 753. The van der Waals surface area contributed by atoms with Crippen molar-refractivity contribution in [2.75, 3.05) is 33.2 Å². The minimum atomic E-state index is 0.0976. The Kier molecular flexibility index (Phi) is 7.25. The molecular formula is C23H30N2OS. The predicted molar refractivity (Wildman–Crippen MR) is 115 cm³/mol. The number of hydrogen-bond acceptors (Lipinski definition) is 3. The lowest BCUT2D eigenvalue weighted by molar-refractivity contribution is -0.125. The van der Waals surface area contributed by atoms with Crippen molar-refractivity contribution < 1.29 is 4.79 Å². The fourth-order valence-electron chi connectivity index (χ4n) is 3.82. The fraction of sp³-hybridized carbons (Fsp3) is 0.435. The molecule has 1 aliphatic heterocycles. The van der Waals surface area contributed by atoms with Crippen LogP contribution in [0.1, 0.15) is 28.8 Å². The van der Waals surface area contributed by atoms with E-state index in [0.29, 0.717) is 5.92 Å². The molecule has 0 N–H and O–H groups in total. The van der Waals surface area contributed by atoms with Crippen LogP contribution in [-0.2, 0) is 11.2 Å². The van der Waals surface area contributed by atoms with Gasteiger partial charge >= 0.3 is 0 Å². The summed E-state index contributed by atoms with van der Waals surface area (Å²) in [6, 6.07) is 12.7. The van der Waals surface area contributed by atoms with Crippen molar-refractivity contribution in [2.45, 2.75) is 26.2 Å². The Hall–Kier alpha value is -1.91. The number of likely N-dealkylation sites (tertiary alicyclic amines) is 1. The van der Waals surface area contributed by atoms with Gasteiger partial charge in [-0.05, 0) is 67.3 Å². The Morgan fingerprint density at radius 1 is 1.30 bits per heavy atom. The summed E-state index contributed by atoms with van der Waals surface area (Å²) in [7, 11) is 1.92. The summed E-state index contributed by atoms with van der Waals surface area (Å²) in [5, 5.41) is 2.03. The van der Waals surface area contributed by atoms with Gasteiger partial charge in [-0.15, -0.1) is 11.3 Å². The fourth-order valence-corrected chi connectivity index (χ4v) is 4.43. The van der Waals surface area contributed by atoms with Gasteiger partial charge in [0.25, 0.3) is 0 Å². The second-order valence-corrected chi connectivity index (χ2v) is 8.53. The van der Waals surface area contributed by atoms with Crippen LogP contribution < -0.4 is 0 Å². The molecule has 1 saturated heterocycles. The third-order valence-corrected chi connectivity index (χ3v) is 6.24. The van der Waals surface area contributed by atoms with Crippen LogP contribution in [0.5, 0.6) is 0 Å². The largest absolute Gasteiger partial charge is 0.342 e. The molecule has 0 unspecified atom stereocenters. The van der Waals surface area contributed by atoms with Gasteiger partial charge in [0.05, 0.1) is 0 Å². The number of thiophene rings is 1. The van der Waals surface area contributed by atoms with Crippen molar-refractivity contribution >= 4 is 23.3 Å². The lowest BCUT2D eigenvalue weighted by Gasteiger charge is -2.34. The highest BCUT2D eigenvalue weighted by atomic mass is 32.1. The predicted octanol–water partition coefficient (Wildman–Crippen LogP) is 4.48. The summed E-state index contributed by atoms with van der Waals surface area (Å²) in [6.07, 6.45) is 7.17. The standard InChI is InChI=1S/C23H30N2OS/c1-19-7-3-4-9-21(19)13-15-25-14-5-8-20(18-25)17-24(2)23(26)12-11-22-10-6-16-27-22/h3-4,6-7,9-12,16,20H,5,8,13-15,17-18H2,1-2H3/b12-11+/t20-/m0/s1. The molecule has 0 spiro atoms. The number of benzene rings is 1. The van der Waals surface area contributed by atoms with Gasteiger partial charge in [-0.25, -0.2) is 0 Å². The molecule has 1 aromatic carbocycles. The van der Waals surface area contributed by atoms with Crippen LogP contribution in [0.25, 0.3) is 6.08 Å². The van der Waals surface area contributed by atoms with Crippen molar-refractivity contribution in [2.24, 2.45) is 5.92 Å². The topological polar surface area (TPSA) is 23.6 Å². The molecule has 1 fully saturated rings. The van der Waals surface area contributed by atoms with Crippen LogP contribution in [-0.4, -0.2) is 48.9 Å². The molecule has 4 heteroatoms. The summed E-state index contributed by atoms with van der Waals surface area (Å²) in [4.78, 5) is 17.9. The normalized spacial score (nSPS) is 18.1. The third kappa shape index (κ3) is 6.05. The minimum Gasteiger partial charge on any atom is -0.342 e. The van der Waals surface area contributed by atoms with E-state index in [1.54, 1.807) is 17.4 Å². The van der Waals surface area contributed by atoms with Crippen LogP contribution in [0.2, 0.25) is 0 Å². The van der Waals surface area contributed by atoms with Crippen molar-refractivity contribution in [1.29, 1.82) is 0 Å². The molecule has 0 bridgehead atoms. The van der Waals surface area contributed by atoms with E-state index in [4.69, 9.17) is 0 Å². The van der Waals surface area contributed by atoms with Gasteiger partial charge in [0, 0.05) is 37.6 Å². The first-order valence-electron chi connectivity index (χ1n) is 9.85. The number of likely N-dealkylation sites (N-methyl/N-ethyl adjacent to an activating group) is 1. The Balaban J connectivity index is 1.46. The molecule has 3 rings (SSSR count). The monoisotopic (exact) mass is 382 g/mol. The zero-order valence-corrected chi connectivity index (χ0v) is 17.3. The zero-order chi connectivity index (χ0) is 19.1. The summed E-state index contributed by atoms with van der Waals surface area (Å²) in [6.45, 7) is 6.42. The Morgan fingerprint density at radius 3 is 2.93 bits per heavy atom. The van der Waals surface area contributed by atoms with Crippen LogP contribution >= 0.6 is 11.3 Å². The summed E-state index contributed by atoms with van der Waals surface area (Å²) < 4.78 is 0. The average molecular weight is 383 g/mol. The first-order valence-corrected chi connectivity index (χ1v) is 10.7. The zero-order valence-electron chi connectivity index (χ0n) is 16.4. The van der Waals surface area contributed by atoms with Gasteiger partial charge in [0.1, 0.15) is 0 Å². The number of aryl methyl sites for hydroxylation is 1. The van der Waals surface area contributed by atoms with Crippen molar-refractivity contribution in [3.8, 4) is 0 Å². The molecule has 0 saturated carbocycles. The van der Waals surface area contributed by atoms with Crippen molar-refractivity contribution in [1.82, 2.24) is 9.80 Å². The Labute approximate surface area is 167 Å². The number of carbonyl (C=O) groups is 1. The van der Waals surface area contributed by atoms with E-state index in [9.17, 15) is 4.79 Å². The molecule has 0 radical (unpaired) electrons. The number of carbonyl (C=O) groups excluding carboxylic acids is 1. The maximum atomic E-state index is 12.4. The quantitative estimate of drug-likeness (QED) is 0.659. The van der Waals surface area contributed by atoms with Gasteiger partial charge in [-0.1, -0.05) is 30.3 Å². The maximum Gasteiger partial charge on any atom is 0.246 e. The molecule has 0 aliphatic carbocycles. The average Bonchev–Trinajstić information content (AvgIpc) is 3.19. The SMILES string of the molecule is Cc1ccccc1CCN1CCC[C@@H](CN(C)C(=O)/C=C/c2cccs2)C1. The highest BCUT2D eigenvalue weighted by Crippen LogP contribution is 2.19. The van der Waals surface area contributed by atoms with Crippen molar-refractivity contribution in [3.63, 3.8) is 0 Å². The number of rotatable bonds is 7. The number of amides is 1. The van der Waals surface area contributed by atoms with Crippen LogP contribution in [0.4, 0.5) is 0 Å². The first kappa shape index (κ1) is 19.8. The summed E-state index contributed by atoms with van der Waals surface area (Å²) in [5.41, 5.74) is 2.83. The lowest BCUT2D eigenvalue weighted by atomic mass is 9.96. The summed E-state index contributed by atoms with van der Waals surface area (Å²) in [5.74, 6) is 0.667. The molecule has 1 atom stereocenters. The van der Waals surface area contributed by atoms with Gasteiger partial charge in [0.15, 0.2) is 0 Å². The molecule has 1 aromatic heterocycles. The summed E-state index contributed by atoms with van der Waals surface area (Å²) >= 11 is 1.65. The molecule has 27 heavy (non-hydrogen) atoms. The molecule has 3 nitrogen and oxygen atoms in total. The maximum absolute atomic E-state index is 12.4. The van der Waals surface area contributed by atoms with E-state index in [0.717, 1.165) is 30.9 Å². The third-order valence-electron chi connectivity index (χ3n) is 5.40. The smallest absolute Gasteiger partial charge is 0.246 e. The molecule has 2 heterocycles. The Morgan fingerprint density at radius 2 is 2.15 bits per heavy atom. The minimum absolute atomic E-state index is 0.0976. The van der Waals surface area contributed by atoms with Crippen LogP contribution in [0.15, 0.2) is 47.9 Å². The highest BCUT2D eigenvalue weighted by molar-refractivity contribution is 7.10. The van der Waals surface area contributed by atoms with E-state index < -0.39 is 0 Å². The molecule has 2 aromatic rings. The van der Waals surface area contributed by atoms with Crippen LogP contribution in [0, 0.1) is 12.8 Å². The second kappa shape index (κ2) is 9.86. The molecular weight excluding hydrogens is 352 g/mol. The first-order chi connectivity index (χ1) is 13.1.